The number of aliphatic hydroxyl groups is 1. The van der Waals surface area contributed by atoms with Gasteiger partial charge in [-0.05, 0) is 61.9 Å². The highest BCUT2D eigenvalue weighted by Gasteiger charge is 2.24. The lowest BCUT2D eigenvalue weighted by Crippen LogP contribution is -2.42. The number of hydrogen-bond donors (Lipinski definition) is 2. The van der Waals surface area contributed by atoms with E-state index in [1.54, 1.807) is 0 Å². The molecule has 0 atom stereocenters. The molecular formula is C18H30N2O. The summed E-state index contributed by atoms with van der Waals surface area (Å²) >= 11 is 0. The van der Waals surface area contributed by atoms with Crippen molar-refractivity contribution in [3.63, 3.8) is 0 Å². The third-order valence-corrected chi connectivity index (χ3v) is 4.38. The quantitative estimate of drug-likeness (QED) is 0.772. The number of aliphatic hydroxyl groups excluding tert-OH is 1. The molecule has 1 aliphatic rings. The average Bonchev–Trinajstić information content (AvgIpc) is 2.37. The Morgan fingerprint density at radius 3 is 2.62 bits per heavy atom. The number of rotatable bonds is 8. The van der Waals surface area contributed by atoms with Crippen molar-refractivity contribution in [2.75, 3.05) is 24.6 Å². The van der Waals surface area contributed by atoms with Gasteiger partial charge in [0.15, 0.2) is 0 Å². The van der Waals surface area contributed by atoms with E-state index in [4.69, 9.17) is 0 Å². The molecule has 0 bridgehead atoms. The topological polar surface area (TPSA) is 35.5 Å². The van der Waals surface area contributed by atoms with Gasteiger partial charge >= 0.3 is 0 Å². The molecule has 0 amide bonds. The average molecular weight is 290 g/mol. The van der Waals surface area contributed by atoms with Crippen LogP contribution in [0.5, 0.6) is 0 Å². The standard InChI is InChI=1S/C18H30N2O/c1-14(2)12-19-13-16-7-8-18(11-15(16)3)20(9-10-21)17-5-4-6-17/h7-8,11,14,17,19,21H,4-6,9-10,12-13H2,1-3H3. The SMILES string of the molecule is Cc1cc(N(CCO)C2CCC2)ccc1CNCC(C)C. The molecule has 0 aliphatic heterocycles. The van der Waals surface area contributed by atoms with Gasteiger partial charge in [-0.2, -0.15) is 0 Å². The van der Waals surface area contributed by atoms with E-state index in [0.29, 0.717) is 12.0 Å². The lowest BCUT2D eigenvalue weighted by molar-refractivity contribution is 0.283. The highest BCUT2D eigenvalue weighted by Crippen LogP contribution is 2.30. The van der Waals surface area contributed by atoms with Crippen LogP contribution in [0, 0.1) is 12.8 Å². The van der Waals surface area contributed by atoms with Crippen LogP contribution in [0.2, 0.25) is 0 Å². The predicted molar refractivity (Wildman–Crippen MR) is 89.8 cm³/mol. The molecule has 0 radical (unpaired) electrons. The van der Waals surface area contributed by atoms with Gasteiger partial charge in [-0.25, -0.2) is 0 Å². The predicted octanol–water partition coefficient (Wildman–Crippen LogP) is 3.09. The monoisotopic (exact) mass is 290 g/mol. The van der Waals surface area contributed by atoms with Gasteiger partial charge in [-0.15, -0.1) is 0 Å². The van der Waals surface area contributed by atoms with E-state index in [1.165, 1.54) is 36.1 Å². The first-order valence-corrected chi connectivity index (χ1v) is 8.29. The van der Waals surface area contributed by atoms with Crippen LogP contribution in [0.3, 0.4) is 0 Å². The van der Waals surface area contributed by atoms with Crippen LogP contribution in [-0.2, 0) is 6.54 Å². The van der Waals surface area contributed by atoms with E-state index < -0.39 is 0 Å². The molecule has 2 rings (SSSR count). The molecule has 0 heterocycles. The van der Waals surface area contributed by atoms with Crippen molar-refractivity contribution in [2.24, 2.45) is 5.92 Å². The minimum absolute atomic E-state index is 0.229. The molecule has 3 nitrogen and oxygen atoms in total. The lowest BCUT2D eigenvalue weighted by atomic mass is 9.90. The molecule has 0 aromatic heterocycles. The minimum Gasteiger partial charge on any atom is -0.395 e. The maximum Gasteiger partial charge on any atom is 0.0606 e. The Hall–Kier alpha value is -1.06. The summed E-state index contributed by atoms with van der Waals surface area (Å²) in [7, 11) is 0. The molecule has 2 N–H and O–H groups in total. The Balaban J connectivity index is 2.02. The van der Waals surface area contributed by atoms with Gasteiger partial charge in [-0.3, -0.25) is 0 Å². The van der Waals surface area contributed by atoms with Crippen molar-refractivity contribution in [1.82, 2.24) is 5.32 Å². The van der Waals surface area contributed by atoms with Crippen LogP contribution >= 0.6 is 0 Å². The van der Waals surface area contributed by atoms with E-state index >= 15 is 0 Å². The second-order valence-corrected chi connectivity index (χ2v) is 6.64. The Morgan fingerprint density at radius 1 is 1.33 bits per heavy atom. The molecule has 1 aromatic rings. The third kappa shape index (κ3) is 4.45. The van der Waals surface area contributed by atoms with Crippen molar-refractivity contribution in [3.8, 4) is 0 Å². The second-order valence-electron chi connectivity index (χ2n) is 6.64. The zero-order valence-electron chi connectivity index (χ0n) is 13.7. The molecule has 1 saturated carbocycles. The molecule has 1 fully saturated rings. The number of aryl methyl sites for hydroxylation is 1. The van der Waals surface area contributed by atoms with Gasteiger partial charge in [0.2, 0.25) is 0 Å². The fraction of sp³-hybridized carbons (Fsp3) is 0.667. The lowest BCUT2D eigenvalue weighted by Gasteiger charge is -2.39. The van der Waals surface area contributed by atoms with Crippen LogP contribution in [0.1, 0.15) is 44.2 Å². The van der Waals surface area contributed by atoms with Gasteiger partial charge in [0.1, 0.15) is 0 Å². The third-order valence-electron chi connectivity index (χ3n) is 4.38. The number of nitrogens with one attached hydrogen (secondary N) is 1. The first-order valence-electron chi connectivity index (χ1n) is 8.29. The first-order chi connectivity index (χ1) is 10.1. The highest BCUT2D eigenvalue weighted by atomic mass is 16.3. The van der Waals surface area contributed by atoms with Crippen molar-refractivity contribution < 1.29 is 5.11 Å². The van der Waals surface area contributed by atoms with E-state index in [1.807, 2.05) is 0 Å². The van der Waals surface area contributed by atoms with Crippen molar-refractivity contribution in [2.45, 2.75) is 52.6 Å². The van der Waals surface area contributed by atoms with Crippen LogP contribution < -0.4 is 10.2 Å². The maximum atomic E-state index is 9.31. The van der Waals surface area contributed by atoms with Crippen LogP contribution in [0.15, 0.2) is 18.2 Å². The molecule has 0 spiro atoms. The van der Waals surface area contributed by atoms with Crippen molar-refractivity contribution in [1.29, 1.82) is 0 Å². The highest BCUT2D eigenvalue weighted by molar-refractivity contribution is 5.52. The summed E-state index contributed by atoms with van der Waals surface area (Å²) < 4.78 is 0. The van der Waals surface area contributed by atoms with Gasteiger partial charge in [0, 0.05) is 24.8 Å². The molecule has 1 aromatic carbocycles. The fourth-order valence-corrected chi connectivity index (χ4v) is 2.88. The summed E-state index contributed by atoms with van der Waals surface area (Å²) in [6, 6.07) is 7.36. The normalized spacial score (nSPS) is 15.3. The van der Waals surface area contributed by atoms with Gasteiger partial charge in [0.05, 0.1) is 6.61 Å². The van der Waals surface area contributed by atoms with E-state index in [-0.39, 0.29) is 6.61 Å². The summed E-state index contributed by atoms with van der Waals surface area (Å²) in [5.41, 5.74) is 3.97. The number of benzene rings is 1. The number of nitrogens with zero attached hydrogens (tertiary/aromatic N) is 1. The van der Waals surface area contributed by atoms with Crippen molar-refractivity contribution >= 4 is 5.69 Å². The summed E-state index contributed by atoms with van der Waals surface area (Å²) in [4.78, 5) is 2.38. The zero-order chi connectivity index (χ0) is 15.2. The Morgan fingerprint density at radius 2 is 2.10 bits per heavy atom. The largest absolute Gasteiger partial charge is 0.395 e. The zero-order valence-corrected chi connectivity index (χ0v) is 13.7. The molecular weight excluding hydrogens is 260 g/mol. The molecule has 0 unspecified atom stereocenters. The first kappa shape index (κ1) is 16.3. The van der Waals surface area contributed by atoms with Crippen LogP contribution in [-0.4, -0.2) is 30.8 Å². The summed E-state index contributed by atoms with van der Waals surface area (Å²) in [5.74, 6) is 0.684. The molecule has 1 aliphatic carbocycles. The summed E-state index contributed by atoms with van der Waals surface area (Å²) in [6.45, 7) is 9.62. The Labute approximate surface area is 129 Å². The number of anilines is 1. The molecule has 3 heteroatoms. The second kappa shape index (κ2) is 7.81. The fourth-order valence-electron chi connectivity index (χ4n) is 2.88. The Kier molecular flexibility index (Phi) is 6.07. The molecule has 21 heavy (non-hydrogen) atoms. The van der Waals surface area contributed by atoms with E-state index in [0.717, 1.165) is 19.6 Å². The maximum absolute atomic E-state index is 9.31. The van der Waals surface area contributed by atoms with E-state index in [9.17, 15) is 5.11 Å². The smallest absolute Gasteiger partial charge is 0.0606 e. The van der Waals surface area contributed by atoms with Crippen molar-refractivity contribution in [3.05, 3.63) is 29.3 Å². The van der Waals surface area contributed by atoms with Crippen LogP contribution in [0.25, 0.3) is 0 Å². The number of hydrogen-bond acceptors (Lipinski definition) is 3. The Bertz CT molecular complexity index is 441. The minimum atomic E-state index is 0.229. The van der Waals surface area contributed by atoms with Gasteiger partial charge in [0.25, 0.3) is 0 Å². The summed E-state index contributed by atoms with van der Waals surface area (Å²) in [5, 5.41) is 12.8. The van der Waals surface area contributed by atoms with Gasteiger partial charge in [-0.1, -0.05) is 19.9 Å². The molecule has 118 valence electrons. The van der Waals surface area contributed by atoms with E-state index in [2.05, 4.69) is 49.2 Å². The molecule has 0 saturated heterocycles. The van der Waals surface area contributed by atoms with Crippen LogP contribution in [0.4, 0.5) is 5.69 Å². The van der Waals surface area contributed by atoms with Gasteiger partial charge < -0.3 is 15.3 Å². The summed E-state index contributed by atoms with van der Waals surface area (Å²) in [6.07, 6.45) is 3.84.